The van der Waals surface area contributed by atoms with Crippen LogP contribution in [-0.2, 0) is 16.5 Å². The van der Waals surface area contributed by atoms with E-state index < -0.39 is 23.7 Å². The fourth-order valence-corrected chi connectivity index (χ4v) is 6.86. The highest BCUT2D eigenvalue weighted by atomic mass is 35.5. The van der Waals surface area contributed by atoms with Crippen LogP contribution >= 0.6 is 23.2 Å². The first-order chi connectivity index (χ1) is 22.5. The number of amides is 2. The van der Waals surface area contributed by atoms with Gasteiger partial charge in [0, 0.05) is 42.8 Å². The van der Waals surface area contributed by atoms with Gasteiger partial charge in [-0.3, -0.25) is 14.8 Å². The fourth-order valence-electron chi connectivity index (χ4n) is 6.60. The lowest BCUT2D eigenvalue weighted by Crippen LogP contribution is -2.60. The number of halogens is 5. The van der Waals surface area contributed by atoms with E-state index in [-0.39, 0.29) is 31.1 Å². The second-order valence-electron chi connectivity index (χ2n) is 13.8. The monoisotopic (exact) mass is 702 g/mol. The Kier molecular flexibility index (Phi) is 10.2. The van der Waals surface area contributed by atoms with E-state index in [0.717, 1.165) is 16.7 Å². The van der Waals surface area contributed by atoms with Gasteiger partial charge in [0.2, 0.25) is 0 Å². The van der Waals surface area contributed by atoms with Gasteiger partial charge in [-0.2, -0.15) is 13.2 Å². The van der Waals surface area contributed by atoms with Crippen LogP contribution in [0, 0.1) is 0 Å². The number of ether oxygens (including phenoxy) is 1. The highest BCUT2D eigenvalue weighted by molar-refractivity contribution is 6.30. The zero-order chi connectivity index (χ0) is 35.1. The minimum Gasteiger partial charge on any atom is -0.493 e. The Morgan fingerprint density at radius 3 is 1.96 bits per heavy atom. The molecule has 0 saturated carbocycles. The number of urea groups is 1. The molecule has 0 bridgehead atoms. The van der Waals surface area contributed by atoms with Crippen molar-refractivity contribution >= 4 is 35.1 Å². The molecular formula is C37H43Cl2F3N4O2. The number of nitrogens with zero attached hydrogens (tertiary/aromatic N) is 4. The first-order valence-electron chi connectivity index (χ1n) is 16.3. The topological polar surface area (TPSA) is 48.4 Å². The molecule has 11 heteroatoms. The van der Waals surface area contributed by atoms with Gasteiger partial charge in [-0.15, -0.1) is 0 Å². The third kappa shape index (κ3) is 7.05. The van der Waals surface area contributed by atoms with Crippen LogP contribution in [-0.4, -0.2) is 72.1 Å². The summed E-state index contributed by atoms with van der Waals surface area (Å²) in [4.78, 5) is 25.7. The molecule has 0 aromatic heterocycles. The molecule has 0 unspecified atom stereocenters. The molecule has 1 saturated heterocycles. The molecule has 0 radical (unpaired) electrons. The van der Waals surface area contributed by atoms with E-state index in [1.54, 1.807) is 26.8 Å². The van der Waals surface area contributed by atoms with Crippen molar-refractivity contribution in [3.8, 4) is 5.75 Å². The molecule has 0 aliphatic carbocycles. The standard InChI is InChI=1S/C37H43Cl2F3N4O2/c1-7-48-31-24-27(34(2,3)4)12-17-30(31)32-43-35(5,25-8-13-28(38)14-9-25)36(6,26-10-15-29(39)16-11-26)46(32)33(47)45-22-20-44(21-23-45)19-18-37(40,41)42/h8-17,24H,7,18-23H2,1-6H3/t35-,36+/m0/s1. The Labute approximate surface area is 291 Å². The predicted octanol–water partition coefficient (Wildman–Crippen LogP) is 9.27. The minimum absolute atomic E-state index is 0.100. The molecule has 0 spiro atoms. The molecule has 48 heavy (non-hydrogen) atoms. The number of piperazine rings is 1. The zero-order valence-corrected chi connectivity index (χ0v) is 29.8. The summed E-state index contributed by atoms with van der Waals surface area (Å²) in [5.41, 5.74) is 1.14. The molecule has 2 heterocycles. The van der Waals surface area contributed by atoms with E-state index in [1.165, 1.54) is 0 Å². The number of benzene rings is 3. The van der Waals surface area contributed by atoms with Gasteiger partial charge in [0.05, 0.1) is 18.6 Å². The van der Waals surface area contributed by atoms with Crippen LogP contribution in [0.3, 0.4) is 0 Å². The Hall–Kier alpha value is -3.27. The molecule has 2 aliphatic rings. The smallest absolute Gasteiger partial charge is 0.390 e. The Morgan fingerprint density at radius 1 is 0.875 bits per heavy atom. The van der Waals surface area contributed by atoms with Crippen molar-refractivity contribution in [3.63, 3.8) is 0 Å². The van der Waals surface area contributed by atoms with E-state index in [4.69, 9.17) is 32.9 Å². The maximum absolute atomic E-state index is 15.0. The van der Waals surface area contributed by atoms with E-state index in [0.29, 0.717) is 46.9 Å². The van der Waals surface area contributed by atoms with E-state index in [2.05, 4.69) is 20.8 Å². The zero-order valence-electron chi connectivity index (χ0n) is 28.3. The molecule has 258 valence electrons. The van der Waals surface area contributed by atoms with Crippen LogP contribution in [0.4, 0.5) is 18.0 Å². The van der Waals surface area contributed by atoms with Crippen LogP contribution in [0.15, 0.2) is 71.7 Å². The van der Waals surface area contributed by atoms with E-state index >= 15 is 4.79 Å². The lowest BCUT2D eigenvalue weighted by Gasteiger charge is -2.47. The maximum Gasteiger partial charge on any atom is 0.390 e. The van der Waals surface area contributed by atoms with Crippen LogP contribution in [0.5, 0.6) is 5.75 Å². The van der Waals surface area contributed by atoms with Crippen molar-refractivity contribution in [2.75, 3.05) is 39.3 Å². The number of aliphatic imine (C=N–C) groups is 1. The maximum atomic E-state index is 15.0. The molecule has 1 fully saturated rings. The quantitative estimate of drug-likeness (QED) is 0.247. The van der Waals surface area contributed by atoms with Crippen LogP contribution in [0.1, 0.15) is 70.2 Å². The molecule has 3 aromatic carbocycles. The number of hydrogen-bond acceptors (Lipinski definition) is 4. The summed E-state index contributed by atoms with van der Waals surface area (Å²) >= 11 is 12.7. The van der Waals surface area contributed by atoms with Gasteiger partial charge in [-0.05, 0) is 79.3 Å². The van der Waals surface area contributed by atoms with Crippen molar-refractivity contribution in [2.24, 2.45) is 4.99 Å². The fraction of sp³-hybridized carbons (Fsp3) is 0.459. The van der Waals surface area contributed by atoms with Crippen molar-refractivity contribution in [1.82, 2.24) is 14.7 Å². The molecule has 6 nitrogen and oxygen atoms in total. The normalized spacial score (nSPS) is 22.2. The number of hydrogen-bond donors (Lipinski definition) is 0. The molecule has 2 amide bonds. The highest BCUT2D eigenvalue weighted by Gasteiger charge is 2.60. The van der Waals surface area contributed by atoms with Gasteiger partial charge >= 0.3 is 12.2 Å². The number of alkyl halides is 3. The summed E-state index contributed by atoms with van der Waals surface area (Å²) in [5.74, 6) is 1.05. The third-order valence-corrected chi connectivity index (χ3v) is 10.2. The van der Waals surface area contributed by atoms with Gasteiger partial charge in [0.15, 0.2) is 0 Å². The van der Waals surface area contributed by atoms with Crippen molar-refractivity contribution in [2.45, 2.75) is 70.6 Å². The first kappa shape index (κ1) is 36.0. The summed E-state index contributed by atoms with van der Waals surface area (Å²) in [6.45, 7) is 13.8. The summed E-state index contributed by atoms with van der Waals surface area (Å²) in [6.07, 6.45) is -5.12. The number of rotatable bonds is 7. The molecule has 0 N–H and O–H groups in total. The van der Waals surface area contributed by atoms with Gasteiger partial charge in [0.25, 0.3) is 0 Å². The summed E-state index contributed by atoms with van der Waals surface area (Å²) in [5, 5.41) is 1.13. The second-order valence-corrected chi connectivity index (χ2v) is 14.7. The SMILES string of the molecule is CCOc1cc(C(C)(C)C)ccc1C1=N[C@@](C)(c2ccc(Cl)cc2)[C@@](C)(c2ccc(Cl)cc2)N1C(=O)N1CCN(CCC(F)(F)F)CC1. The number of carbonyl (C=O) groups is 1. The average Bonchev–Trinajstić information content (AvgIpc) is 3.27. The minimum atomic E-state index is -4.23. The summed E-state index contributed by atoms with van der Waals surface area (Å²) in [7, 11) is 0. The van der Waals surface area contributed by atoms with Crippen molar-refractivity contribution in [1.29, 1.82) is 0 Å². The van der Waals surface area contributed by atoms with Gasteiger partial charge in [-0.25, -0.2) is 4.79 Å². The van der Waals surface area contributed by atoms with E-state index in [9.17, 15) is 13.2 Å². The first-order valence-corrected chi connectivity index (χ1v) is 17.0. The third-order valence-electron chi connectivity index (χ3n) is 9.68. The number of carbonyl (C=O) groups excluding carboxylic acids is 1. The van der Waals surface area contributed by atoms with Crippen molar-refractivity contribution in [3.05, 3.63) is 99.0 Å². The predicted molar refractivity (Wildman–Crippen MR) is 186 cm³/mol. The molecule has 5 rings (SSSR count). The van der Waals surface area contributed by atoms with Gasteiger partial charge in [-0.1, -0.05) is 74.3 Å². The Bertz CT molecular complexity index is 1650. The summed E-state index contributed by atoms with van der Waals surface area (Å²) in [6, 6.07) is 20.6. The largest absolute Gasteiger partial charge is 0.493 e. The average molecular weight is 704 g/mol. The van der Waals surface area contributed by atoms with Crippen molar-refractivity contribution < 1.29 is 22.7 Å². The Morgan fingerprint density at radius 2 is 1.44 bits per heavy atom. The lowest BCUT2D eigenvalue weighted by molar-refractivity contribution is -0.138. The highest BCUT2D eigenvalue weighted by Crippen LogP contribution is 2.54. The molecule has 2 aliphatic heterocycles. The van der Waals surface area contributed by atoms with Crippen LogP contribution in [0.25, 0.3) is 0 Å². The molecular weight excluding hydrogens is 660 g/mol. The van der Waals surface area contributed by atoms with Crippen LogP contribution < -0.4 is 4.74 Å². The van der Waals surface area contributed by atoms with E-state index in [1.807, 2.05) is 75.4 Å². The molecule has 2 atom stereocenters. The van der Waals surface area contributed by atoms with Gasteiger partial charge in [0.1, 0.15) is 22.7 Å². The molecule has 3 aromatic rings. The lowest BCUT2D eigenvalue weighted by atomic mass is 9.71. The number of amidine groups is 1. The Balaban J connectivity index is 1.68. The van der Waals surface area contributed by atoms with Gasteiger partial charge < -0.3 is 9.64 Å². The second kappa shape index (κ2) is 13.6. The summed E-state index contributed by atoms with van der Waals surface area (Å²) < 4.78 is 45.2. The van der Waals surface area contributed by atoms with Crippen LogP contribution in [0.2, 0.25) is 10.0 Å².